The molecule has 0 rings (SSSR count). The van der Waals surface area contributed by atoms with Crippen LogP contribution >= 0.6 is 0 Å². The highest BCUT2D eigenvalue weighted by molar-refractivity contribution is 5.71. The minimum absolute atomic E-state index is 0.0623. The van der Waals surface area contributed by atoms with Gasteiger partial charge < -0.3 is 19.3 Å². The van der Waals surface area contributed by atoms with Gasteiger partial charge in [0.2, 0.25) is 0 Å². The second-order valence-corrected chi connectivity index (χ2v) is 4.85. The second kappa shape index (κ2) is 10.1. The van der Waals surface area contributed by atoms with Crippen LogP contribution < -0.4 is 0 Å². The van der Waals surface area contributed by atoms with E-state index in [0.717, 1.165) is 0 Å². The molecule has 0 radical (unpaired) electrons. The molecule has 0 aromatic heterocycles. The zero-order valence-electron chi connectivity index (χ0n) is 12.6. The van der Waals surface area contributed by atoms with Crippen molar-refractivity contribution in [2.75, 3.05) is 40.5 Å². The largest absolute Gasteiger partial charge is 0.468 e. The maximum Gasteiger partial charge on any atom is 0.319 e. The van der Waals surface area contributed by atoms with Gasteiger partial charge in [-0.25, -0.2) is 0 Å². The van der Waals surface area contributed by atoms with Gasteiger partial charge in [0.25, 0.3) is 0 Å². The molecular formula is C13H27NO5. The van der Waals surface area contributed by atoms with E-state index in [1.807, 2.05) is 25.7 Å². The number of ether oxygens (including phenoxy) is 3. The minimum Gasteiger partial charge on any atom is -0.468 e. The number of methoxy groups -OCH3 is 2. The maximum absolute atomic E-state index is 11.3. The van der Waals surface area contributed by atoms with E-state index >= 15 is 0 Å². The van der Waals surface area contributed by atoms with Crippen LogP contribution in [0.15, 0.2) is 0 Å². The molecule has 6 heteroatoms. The van der Waals surface area contributed by atoms with Gasteiger partial charge in [-0.1, -0.05) is 0 Å². The first-order valence-electron chi connectivity index (χ1n) is 6.50. The molecule has 0 spiro atoms. The van der Waals surface area contributed by atoms with E-state index in [4.69, 9.17) is 9.47 Å². The highest BCUT2D eigenvalue weighted by Crippen LogP contribution is 2.02. The van der Waals surface area contributed by atoms with Crippen molar-refractivity contribution < 1.29 is 24.1 Å². The number of carbonyl (C=O) groups excluding carboxylic acids is 1. The summed E-state index contributed by atoms with van der Waals surface area (Å²) in [6.45, 7) is 7.04. The van der Waals surface area contributed by atoms with Crippen LogP contribution in [0.3, 0.4) is 0 Å². The van der Waals surface area contributed by atoms with E-state index < -0.39 is 6.10 Å². The molecule has 0 fully saturated rings. The van der Waals surface area contributed by atoms with Gasteiger partial charge in [0, 0.05) is 19.7 Å². The van der Waals surface area contributed by atoms with E-state index in [1.54, 1.807) is 7.11 Å². The van der Waals surface area contributed by atoms with Crippen LogP contribution in [0.4, 0.5) is 0 Å². The van der Waals surface area contributed by atoms with Crippen LogP contribution in [0.2, 0.25) is 0 Å². The molecule has 2 unspecified atom stereocenters. The Labute approximate surface area is 115 Å². The van der Waals surface area contributed by atoms with E-state index in [0.29, 0.717) is 13.2 Å². The normalized spacial score (nSPS) is 14.7. The molecule has 19 heavy (non-hydrogen) atoms. The van der Waals surface area contributed by atoms with Crippen LogP contribution in [-0.2, 0) is 19.0 Å². The average Bonchev–Trinajstić information content (AvgIpc) is 2.35. The predicted molar refractivity (Wildman–Crippen MR) is 72.0 cm³/mol. The van der Waals surface area contributed by atoms with Crippen molar-refractivity contribution in [2.45, 2.75) is 39.0 Å². The van der Waals surface area contributed by atoms with E-state index in [-0.39, 0.29) is 31.3 Å². The highest BCUT2D eigenvalue weighted by Gasteiger charge is 2.18. The third-order valence-electron chi connectivity index (χ3n) is 2.71. The van der Waals surface area contributed by atoms with Gasteiger partial charge in [-0.15, -0.1) is 0 Å². The van der Waals surface area contributed by atoms with Crippen molar-refractivity contribution in [2.24, 2.45) is 0 Å². The topological polar surface area (TPSA) is 68.2 Å². The first-order valence-corrected chi connectivity index (χ1v) is 6.50. The number of carbonyl (C=O) groups is 1. The molecule has 0 aliphatic carbocycles. The summed E-state index contributed by atoms with van der Waals surface area (Å²) in [4.78, 5) is 13.1. The monoisotopic (exact) mass is 277 g/mol. The summed E-state index contributed by atoms with van der Waals surface area (Å²) in [6, 6.07) is 0.144. The van der Waals surface area contributed by atoms with Gasteiger partial charge in [-0.3, -0.25) is 9.69 Å². The molecule has 0 saturated carbocycles. The number of hydrogen-bond acceptors (Lipinski definition) is 6. The fraction of sp³-hybridized carbons (Fsp3) is 0.923. The molecule has 0 amide bonds. The Bertz CT molecular complexity index is 247. The van der Waals surface area contributed by atoms with Crippen molar-refractivity contribution in [3.05, 3.63) is 0 Å². The van der Waals surface area contributed by atoms with Gasteiger partial charge in [-0.05, 0) is 20.8 Å². The molecule has 0 aromatic carbocycles. The van der Waals surface area contributed by atoms with E-state index in [2.05, 4.69) is 4.74 Å². The van der Waals surface area contributed by atoms with Crippen LogP contribution in [0.1, 0.15) is 20.8 Å². The summed E-state index contributed by atoms with van der Waals surface area (Å²) < 4.78 is 15.0. The first-order chi connectivity index (χ1) is 8.90. The summed E-state index contributed by atoms with van der Waals surface area (Å²) in [5, 5.41) is 9.91. The van der Waals surface area contributed by atoms with E-state index in [9.17, 15) is 9.90 Å². The standard InChI is InChI=1S/C13H27NO5/c1-10(2)14(7-13(16)18-5)6-12(15)9-19-11(3)8-17-4/h10-12,15H,6-9H2,1-5H3. The Morgan fingerprint density at radius 1 is 1.21 bits per heavy atom. The average molecular weight is 277 g/mol. The minimum atomic E-state index is -0.647. The lowest BCUT2D eigenvalue weighted by Gasteiger charge is -2.27. The summed E-state index contributed by atoms with van der Waals surface area (Å²) in [6.07, 6.45) is -0.709. The van der Waals surface area contributed by atoms with Crippen molar-refractivity contribution in [1.29, 1.82) is 0 Å². The molecule has 0 aliphatic rings. The molecule has 0 aromatic rings. The van der Waals surface area contributed by atoms with Crippen LogP contribution in [0.5, 0.6) is 0 Å². The number of aliphatic hydroxyl groups excluding tert-OH is 1. The fourth-order valence-corrected chi connectivity index (χ4v) is 1.57. The molecule has 6 nitrogen and oxygen atoms in total. The Balaban J connectivity index is 4.09. The number of rotatable bonds is 10. The Hall–Kier alpha value is -0.690. The van der Waals surface area contributed by atoms with Crippen LogP contribution in [0, 0.1) is 0 Å². The molecule has 0 aliphatic heterocycles. The number of aliphatic hydroxyl groups is 1. The maximum atomic E-state index is 11.3. The summed E-state index contributed by atoms with van der Waals surface area (Å²) in [5.41, 5.74) is 0. The first kappa shape index (κ1) is 18.3. The lowest BCUT2D eigenvalue weighted by Crippen LogP contribution is -2.42. The molecule has 114 valence electrons. The molecule has 0 heterocycles. The Kier molecular flexibility index (Phi) is 9.77. The highest BCUT2D eigenvalue weighted by atomic mass is 16.5. The lowest BCUT2D eigenvalue weighted by molar-refractivity contribution is -0.143. The van der Waals surface area contributed by atoms with Gasteiger partial charge in [0.05, 0.1) is 39.1 Å². The number of nitrogens with zero attached hydrogens (tertiary/aromatic N) is 1. The Morgan fingerprint density at radius 2 is 1.84 bits per heavy atom. The van der Waals surface area contributed by atoms with Gasteiger partial charge in [-0.2, -0.15) is 0 Å². The fourth-order valence-electron chi connectivity index (χ4n) is 1.57. The summed E-state index contributed by atoms with van der Waals surface area (Å²) in [7, 11) is 2.96. The quantitative estimate of drug-likeness (QED) is 0.579. The Morgan fingerprint density at radius 3 is 2.32 bits per heavy atom. The van der Waals surface area contributed by atoms with Gasteiger partial charge in [0.15, 0.2) is 0 Å². The van der Waals surface area contributed by atoms with Gasteiger partial charge in [0.1, 0.15) is 0 Å². The third-order valence-corrected chi connectivity index (χ3v) is 2.71. The predicted octanol–water partition coefficient (Wildman–Crippen LogP) is 0.282. The van der Waals surface area contributed by atoms with Crippen molar-refractivity contribution in [3.63, 3.8) is 0 Å². The number of esters is 1. The molecule has 0 saturated heterocycles. The van der Waals surface area contributed by atoms with Crippen LogP contribution in [0.25, 0.3) is 0 Å². The molecule has 0 bridgehead atoms. The molecule has 2 atom stereocenters. The summed E-state index contributed by atoms with van der Waals surface area (Å²) in [5.74, 6) is -0.311. The zero-order valence-corrected chi connectivity index (χ0v) is 12.6. The lowest BCUT2D eigenvalue weighted by atomic mass is 10.2. The zero-order chi connectivity index (χ0) is 14.8. The second-order valence-electron chi connectivity index (χ2n) is 4.85. The van der Waals surface area contributed by atoms with E-state index in [1.165, 1.54) is 7.11 Å². The van der Waals surface area contributed by atoms with Crippen LogP contribution in [-0.4, -0.2) is 74.7 Å². The SMILES string of the molecule is COCC(C)OCC(O)CN(CC(=O)OC)C(C)C. The summed E-state index contributed by atoms with van der Waals surface area (Å²) >= 11 is 0. The number of hydrogen-bond donors (Lipinski definition) is 1. The third kappa shape index (κ3) is 8.93. The molecular weight excluding hydrogens is 250 g/mol. The van der Waals surface area contributed by atoms with Crippen molar-refractivity contribution in [1.82, 2.24) is 4.90 Å². The smallest absolute Gasteiger partial charge is 0.319 e. The van der Waals surface area contributed by atoms with Gasteiger partial charge >= 0.3 is 5.97 Å². The molecule has 1 N–H and O–H groups in total. The van der Waals surface area contributed by atoms with Crippen molar-refractivity contribution >= 4 is 5.97 Å². The van der Waals surface area contributed by atoms with Crippen molar-refractivity contribution in [3.8, 4) is 0 Å².